The summed E-state index contributed by atoms with van der Waals surface area (Å²) in [7, 11) is 1.62. The Kier molecular flexibility index (Phi) is 5.70. The van der Waals surface area contributed by atoms with E-state index in [1.165, 1.54) is 0 Å². The van der Waals surface area contributed by atoms with Crippen LogP contribution in [0.1, 0.15) is 16.1 Å². The molecule has 0 bridgehead atoms. The Hall–Kier alpha value is -1.68. The van der Waals surface area contributed by atoms with E-state index in [1.54, 1.807) is 7.11 Å². The van der Waals surface area contributed by atoms with Crippen molar-refractivity contribution in [1.82, 2.24) is 0 Å². The zero-order valence-electron chi connectivity index (χ0n) is 11.0. The summed E-state index contributed by atoms with van der Waals surface area (Å²) in [5.74, 6) is 0.846. The molecule has 0 saturated carbocycles. The zero-order valence-corrected chi connectivity index (χ0v) is 12.6. The lowest BCUT2D eigenvalue weighted by Gasteiger charge is -2.03. The van der Waals surface area contributed by atoms with Crippen LogP contribution in [0.2, 0.25) is 0 Å². The SMILES string of the molecule is COc1ccc(C)[n+](CC(=O)c2ccccc2)c1.[Br-]. The average molecular weight is 322 g/mol. The maximum atomic E-state index is 12.1. The number of aromatic nitrogens is 1. The molecule has 0 aliphatic rings. The van der Waals surface area contributed by atoms with Gasteiger partial charge in [-0.3, -0.25) is 4.79 Å². The minimum absolute atomic E-state index is 0. The first kappa shape index (κ1) is 15.4. The van der Waals surface area contributed by atoms with Crippen LogP contribution in [0, 0.1) is 6.92 Å². The minimum Gasteiger partial charge on any atom is -1.00 e. The third-order valence-electron chi connectivity index (χ3n) is 2.87. The first-order chi connectivity index (χ1) is 8.70. The number of carbonyl (C=O) groups excluding carboxylic acids is 1. The molecule has 0 aliphatic carbocycles. The summed E-state index contributed by atoms with van der Waals surface area (Å²) in [5.41, 5.74) is 1.76. The molecule has 0 radical (unpaired) electrons. The molecule has 19 heavy (non-hydrogen) atoms. The van der Waals surface area contributed by atoms with Crippen molar-refractivity contribution >= 4 is 5.78 Å². The second kappa shape index (κ2) is 7.04. The van der Waals surface area contributed by atoms with Gasteiger partial charge in [-0.1, -0.05) is 30.3 Å². The molecule has 0 unspecified atom stereocenters. The smallest absolute Gasteiger partial charge is 0.227 e. The number of pyridine rings is 1. The highest BCUT2D eigenvalue weighted by Crippen LogP contribution is 2.07. The quantitative estimate of drug-likeness (QED) is 0.544. The normalized spacial score (nSPS) is 9.58. The summed E-state index contributed by atoms with van der Waals surface area (Å²) in [5, 5.41) is 0. The summed E-state index contributed by atoms with van der Waals surface area (Å²) in [4.78, 5) is 12.1. The number of ketones is 1. The van der Waals surface area contributed by atoms with E-state index in [0.29, 0.717) is 6.54 Å². The van der Waals surface area contributed by atoms with Crippen LogP contribution >= 0.6 is 0 Å². The van der Waals surface area contributed by atoms with Crippen molar-refractivity contribution < 1.29 is 31.1 Å². The second-order valence-corrected chi connectivity index (χ2v) is 4.13. The van der Waals surface area contributed by atoms with E-state index < -0.39 is 0 Å². The molecule has 1 aromatic carbocycles. The van der Waals surface area contributed by atoms with Crippen molar-refractivity contribution in [1.29, 1.82) is 0 Å². The fourth-order valence-electron chi connectivity index (χ4n) is 1.76. The van der Waals surface area contributed by atoms with E-state index in [-0.39, 0.29) is 22.8 Å². The molecule has 100 valence electrons. The van der Waals surface area contributed by atoms with Crippen molar-refractivity contribution in [2.24, 2.45) is 0 Å². The number of hydrogen-bond acceptors (Lipinski definition) is 2. The van der Waals surface area contributed by atoms with E-state index in [1.807, 2.05) is 60.2 Å². The van der Waals surface area contributed by atoms with Crippen molar-refractivity contribution in [3.8, 4) is 5.75 Å². The number of aryl methyl sites for hydroxylation is 1. The Labute approximate surface area is 123 Å². The van der Waals surface area contributed by atoms with Crippen LogP contribution in [0.15, 0.2) is 48.7 Å². The van der Waals surface area contributed by atoms with E-state index in [9.17, 15) is 4.79 Å². The van der Waals surface area contributed by atoms with Gasteiger partial charge in [0.2, 0.25) is 18.5 Å². The number of carbonyl (C=O) groups is 1. The number of hydrogen-bond donors (Lipinski definition) is 0. The summed E-state index contributed by atoms with van der Waals surface area (Å²) < 4.78 is 7.06. The van der Waals surface area contributed by atoms with Gasteiger partial charge in [0.25, 0.3) is 0 Å². The van der Waals surface area contributed by atoms with Gasteiger partial charge in [0.05, 0.1) is 7.11 Å². The molecule has 1 heterocycles. The van der Waals surface area contributed by atoms with Crippen molar-refractivity contribution in [2.45, 2.75) is 13.5 Å². The van der Waals surface area contributed by atoms with Crippen LogP contribution in [0.3, 0.4) is 0 Å². The number of methoxy groups -OCH3 is 1. The number of benzene rings is 1. The lowest BCUT2D eigenvalue weighted by atomic mass is 10.1. The van der Waals surface area contributed by atoms with Crippen LogP contribution in [0.25, 0.3) is 0 Å². The number of halogens is 1. The number of Topliss-reactive ketones (excluding diaryl/α,β-unsaturated/α-hetero) is 1. The van der Waals surface area contributed by atoms with Gasteiger partial charge in [-0.2, -0.15) is 4.57 Å². The fourth-order valence-corrected chi connectivity index (χ4v) is 1.76. The van der Waals surface area contributed by atoms with Crippen LogP contribution in [0.4, 0.5) is 0 Å². The number of rotatable bonds is 4. The second-order valence-electron chi connectivity index (χ2n) is 4.13. The van der Waals surface area contributed by atoms with Gasteiger partial charge in [0.1, 0.15) is 0 Å². The lowest BCUT2D eigenvalue weighted by Crippen LogP contribution is -3.00. The summed E-state index contributed by atoms with van der Waals surface area (Å²) >= 11 is 0. The molecule has 0 fully saturated rings. The summed E-state index contributed by atoms with van der Waals surface area (Å²) in [6.45, 7) is 2.30. The standard InChI is InChI=1S/C15H16NO2.BrH/c1-12-8-9-14(18-2)10-16(12)11-15(17)13-6-4-3-5-7-13;/h3-10H,11H2,1-2H3;1H/q+1;/p-1. The molecule has 4 heteroatoms. The molecule has 0 spiro atoms. The highest BCUT2D eigenvalue weighted by atomic mass is 79.9. The molecule has 0 N–H and O–H groups in total. The predicted octanol–water partition coefficient (Wildman–Crippen LogP) is -0.822. The van der Waals surface area contributed by atoms with E-state index in [2.05, 4.69) is 0 Å². The van der Waals surface area contributed by atoms with Crippen LogP contribution in [-0.2, 0) is 6.54 Å². The fraction of sp³-hybridized carbons (Fsp3) is 0.200. The first-order valence-corrected chi connectivity index (χ1v) is 5.83. The molecule has 3 nitrogen and oxygen atoms in total. The van der Waals surface area contributed by atoms with E-state index >= 15 is 0 Å². The summed E-state index contributed by atoms with van der Waals surface area (Å²) in [6.07, 6.45) is 1.84. The van der Waals surface area contributed by atoms with E-state index in [4.69, 9.17) is 4.74 Å². The topological polar surface area (TPSA) is 30.2 Å². The monoisotopic (exact) mass is 321 g/mol. The van der Waals surface area contributed by atoms with Crippen molar-refractivity contribution in [3.63, 3.8) is 0 Å². The maximum absolute atomic E-state index is 12.1. The van der Waals surface area contributed by atoms with Gasteiger partial charge in [-0.05, 0) is 6.07 Å². The largest absolute Gasteiger partial charge is 1.00 e. The average Bonchev–Trinajstić information content (AvgIpc) is 2.42. The molecule has 0 saturated heterocycles. The molecular weight excluding hydrogens is 306 g/mol. The van der Waals surface area contributed by atoms with Gasteiger partial charge in [-0.25, -0.2) is 0 Å². The van der Waals surface area contributed by atoms with Gasteiger partial charge in [0, 0.05) is 18.6 Å². The predicted molar refractivity (Wildman–Crippen MR) is 68.7 cm³/mol. The number of nitrogens with zero attached hydrogens (tertiary/aromatic N) is 1. The molecular formula is C15H16BrNO2. The Morgan fingerprint density at radius 3 is 2.47 bits per heavy atom. The molecule has 0 atom stereocenters. The molecule has 0 amide bonds. The number of ether oxygens (including phenoxy) is 1. The molecule has 0 aliphatic heterocycles. The molecule has 1 aromatic heterocycles. The van der Waals surface area contributed by atoms with Gasteiger partial charge in [-0.15, -0.1) is 0 Å². The van der Waals surface area contributed by atoms with Crippen LogP contribution in [-0.4, -0.2) is 12.9 Å². The zero-order chi connectivity index (χ0) is 13.0. The summed E-state index contributed by atoms with van der Waals surface area (Å²) in [6, 6.07) is 13.1. The Balaban J connectivity index is 0.00000180. The van der Waals surface area contributed by atoms with Crippen molar-refractivity contribution in [3.05, 3.63) is 59.9 Å². The third kappa shape index (κ3) is 3.89. The highest BCUT2D eigenvalue weighted by Gasteiger charge is 2.15. The van der Waals surface area contributed by atoms with Crippen molar-refractivity contribution in [2.75, 3.05) is 7.11 Å². The van der Waals surface area contributed by atoms with Crippen LogP contribution < -0.4 is 26.3 Å². The van der Waals surface area contributed by atoms with E-state index in [0.717, 1.165) is 17.0 Å². The van der Waals surface area contributed by atoms with Gasteiger partial charge in [0.15, 0.2) is 11.4 Å². The Bertz CT molecular complexity index is 555. The lowest BCUT2D eigenvalue weighted by molar-refractivity contribution is -0.689. The van der Waals surface area contributed by atoms with Crippen LogP contribution in [0.5, 0.6) is 5.75 Å². The molecule has 2 aromatic rings. The molecule has 2 rings (SSSR count). The minimum atomic E-state index is 0. The van der Waals surface area contributed by atoms with Gasteiger partial charge >= 0.3 is 0 Å². The highest BCUT2D eigenvalue weighted by molar-refractivity contribution is 5.94. The Morgan fingerprint density at radius 1 is 1.16 bits per heavy atom. The maximum Gasteiger partial charge on any atom is 0.227 e. The first-order valence-electron chi connectivity index (χ1n) is 5.83. The Morgan fingerprint density at radius 2 is 1.84 bits per heavy atom. The third-order valence-corrected chi connectivity index (χ3v) is 2.87. The van der Waals surface area contributed by atoms with Gasteiger partial charge < -0.3 is 21.7 Å².